The van der Waals surface area contributed by atoms with Crippen LogP contribution in [0.1, 0.15) is 21.7 Å². The smallest absolute Gasteiger partial charge is 0.298 e. The Morgan fingerprint density at radius 3 is 2.42 bits per heavy atom. The second kappa shape index (κ2) is 7.05. The van der Waals surface area contributed by atoms with E-state index in [1.54, 1.807) is 29.6 Å². The number of alkyl halides is 3. The second-order valence-corrected chi connectivity index (χ2v) is 6.62. The fourth-order valence-corrected chi connectivity index (χ4v) is 3.05. The number of benzene rings is 1. The Bertz CT molecular complexity index is 955. The van der Waals surface area contributed by atoms with Gasteiger partial charge in [-0.3, -0.25) is 10.1 Å². The number of aryl methyl sites for hydroxylation is 1. The number of aromatic nitrogens is 2. The molecule has 4 nitrogen and oxygen atoms in total. The first-order valence-electron chi connectivity index (χ1n) is 7.32. The van der Waals surface area contributed by atoms with E-state index < -0.39 is 17.8 Å². The molecule has 0 spiro atoms. The van der Waals surface area contributed by atoms with E-state index in [0.29, 0.717) is 15.8 Å². The molecule has 0 bridgehead atoms. The standard InChI is InChI=1S/C17H11ClF3N3OS/c1-9-12(6-7-14(22-9)17(19,20)21)15(25)24-16-23-13(8-26-16)10-2-4-11(18)5-3-10/h2-8H,1H3,(H,23,24,25). The lowest BCUT2D eigenvalue weighted by atomic mass is 10.1. The van der Waals surface area contributed by atoms with Crippen molar-refractivity contribution in [2.24, 2.45) is 0 Å². The van der Waals surface area contributed by atoms with Crippen LogP contribution in [0.5, 0.6) is 0 Å². The van der Waals surface area contributed by atoms with Gasteiger partial charge in [0.2, 0.25) is 0 Å². The maximum atomic E-state index is 12.7. The van der Waals surface area contributed by atoms with Crippen LogP contribution in [0.15, 0.2) is 41.8 Å². The van der Waals surface area contributed by atoms with Crippen molar-refractivity contribution in [3.63, 3.8) is 0 Å². The van der Waals surface area contributed by atoms with E-state index in [9.17, 15) is 18.0 Å². The Morgan fingerprint density at radius 1 is 1.12 bits per heavy atom. The Labute approximate surface area is 155 Å². The van der Waals surface area contributed by atoms with Crippen LogP contribution in [-0.2, 0) is 6.18 Å². The minimum Gasteiger partial charge on any atom is -0.298 e. The monoisotopic (exact) mass is 397 g/mol. The number of rotatable bonds is 3. The minimum absolute atomic E-state index is 0.00759. The molecule has 26 heavy (non-hydrogen) atoms. The summed E-state index contributed by atoms with van der Waals surface area (Å²) in [7, 11) is 0. The third-order valence-corrected chi connectivity index (χ3v) is 4.50. The number of carbonyl (C=O) groups is 1. The lowest BCUT2D eigenvalue weighted by Gasteiger charge is -2.09. The molecule has 1 aromatic carbocycles. The molecular weight excluding hydrogens is 387 g/mol. The predicted octanol–water partition coefficient (Wildman–Crippen LogP) is 5.44. The number of anilines is 1. The van der Waals surface area contributed by atoms with E-state index >= 15 is 0 Å². The molecule has 9 heteroatoms. The normalized spacial score (nSPS) is 11.4. The molecule has 3 rings (SSSR count). The Kier molecular flexibility index (Phi) is 4.97. The van der Waals surface area contributed by atoms with Crippen LogP contribution in [-0.4, -0.2) is 15.9 Å². The first-order chi connectivity index (χ1) is 12.2. The predicted molar refractivity (Wildman–Crippen MR) is 94.5 cm³/mol. The van der Waals surface area contributed by atoms with Crippen LogP contribution in [0.3, 0.4) is 0 Å². The number of nitrogens with zero attached hydrogens (tertiary/aromatic N) is 2. The molecule has 0 aliphatic heterocycles. The molecule has 0 fully saturated rings. The fraction of sp³-hybridized carbons (Fsp3) is 0.118. The topological polar surface area (TPSA) is 54.9 Å². The summed E-state index contributed by atoms with van der Waals surface area (Å²) < 4.78 is 38.0. The van der Waals surface area contributed by atoms with Crippen molar-refractivity contribution in [2.45, 2.75) is 13.1 Å². The molecule has 0 atom stereocenters. The highest BCUT2D eigenvalue weighted by atomic mass is 35.5. The summed E-state index contributed by atoms with van der Waals surface area (Å²) >= 11 is 7.05. The average molecular weight is 398 g/mol. The molecule has 0 aliphatic carbocycles. The fourth-order valence-electron chi connectivity index (χ4n) is 2.21. The molecule has 0 radical (unpaired) electrons. The van der Waals surface area contributed by atoms with E-state index in [4.69, 9.17) is 11.6 Å². The zero-order valence-corrected chi connectivity index (χ0v) is 14.8. The number of carbonyl (C=O) groups excluding carboxylic acids is 1. The van der Waals surface area contributed by atoms with Gasteiger partial charge in [-0.05, 0) is 31.2 Å². The Hall–Kier alpha value is -2.45. The zero-order valence-electron chi connectivity index (χ0n) is 13.3. The quantitative estimate of drug-likeness (QED) is 0.640. The lowest BCUT2D eigenvalue weighted by molar-refractivity contribution is -0.141. The van der Waals surface area contributed by atoms with Crippen molar-refractivity contribution in [3.05, 3.63) is 63.8 Å². The summed E-state index contributed by atoms with van der Waals surface area (Å²) in [6.45, 7) is 1.35. The van der Waals surface area contributed by atoms with Gasteiger partial charge in [-0.2, -0.15) is 13.2 Å². The SMILES string of the molecule is Cc1nc(C(F)(F)F)ccc1C(=O)Nc1nc(-c2ccc(Cl)cc2)cs1. The second-order valence-electron chi connectivity index (χ2n) is 5.33. The van der Waals surface area contributed by atoms with Gasteiger partial charge in [0.05, 0.1) is 17.0 Å². The molecule has 0 aliphatic rings. The maximum Gasteiger partial charge on any atom is 0.433 e. The number of amides is 1. The first-order valence-corrected chi connectivity index (χ1v) is 8.57. The van der Waals surface area contributed by atoms with E-state index in [2.05, 4.69) is 15.3 Å². The maximum absolute atomic E-state index is 12.7. The molecule has 2 heterocycles. The summed E-state index contributed by atoms with van der Waals surface area (Å²) in [5.74, 6) is -0.569. The molecule has 1 amide bonds. The highest BCUT2D eigenvalue weighted by Crippen LogP contribution is 2.29. The van der Waals surface area contributed by atoms with E-state index in [0.717, 1.165) is 17.7 Å². The van der Waals surface area contributed by atoms with Crippen LogP contribution in [0.2, 0.25) is 5.02 Å². The number of hydrogen-bond acceptors (Lipinski definition) is 4. The molecule has 1 N–H and O–H groups in total. The highest BCUT2D eigenvalue weighted by molar-refractivity contribution is 7.14. The zero-order chi connectivity index (χ0) is 18.9. The van der Waals surface area contributed by atoms with Gasteiger partial charge in [0.15, 0.2) is 5.13 Å². The summed E-state index contributed by atoms with van der Waals surface area (Å²) in [5.41, 5.74) is 0.502. The van der Waals surface area contributed by atoms with Gasteiger partial charge in [0.1, 0.15) is 5.69 Å². The van der Waals surface area contributed by atoms with E-state index in [1.165, 1.54) is 18.3 Å². The first kappa shape index (κ1) is 18.3. The van der Waals surface area contributed by atoms with Crippen molar-refractivity contribution in [1.29, 1.82) is 0 Å². The van der Waals surface area contributed by atoms with E-state index in [-0.39, 0.29) is 11.3 Å². The van der Waals surface area contributed by atoms with Gasteiger partial charge < -0.3 is 0 Å². The van der Waals surface area contributed by atoms with Crippen LogP contribution in [0.25, 0.3) is 11.3 Å². The number of thiazole rings is 1. The van der Waals surface area contributed by atoms with Gasteiger partial charge in [0, 0.05) is 16.0 Å². The van der Waals surface area contributed by atoms with Crippen LogP contribution in [0.4, 0.5) is 18.3 Å². The van der Waals surface area contributed by atoms with Crippen molar-refractivity contribution >= 4 is 34.0 Å². The molecule has 3 aromatic rings. The van der Waals surface area contributed by atoms with Crippen molar-refractivity contribution < 1.29 is 18.0 Å². The molecular formula is C17H11ClF3N3OS. The Balaban J connectivity index is 1.77. The number of hydrogen-bond donors (Lipinski definition) is 1. The van der Waals surface area contributed by atoms with Gasteiger partial charge in [-0.25, -0.2) is 9.97 Å². The summed E-state index contributed by atoms with van der Waals surface area (Å²) in [5, 5.41) is 5.27. The van der Waals surface area contributed by atoms with Crippen LogP contribution >= 0.6 is 22.9 Å². The largest absolute Gasteiger partial charge is 0.433 e. The van der Waals surface area contributed by atoms with Crippen molar-refractivity contribution in [2.75, 3.05) is 5.32 Å². The summed E-state index contributed by atoms with van der Waals surface area (Å²) in [6, 6.07) is 8.94. The number of pyridine rings is 1. The molecule has 2 aromatic heterocycles. The molecule has 0 unspecified atom stereocenters. The highest BCUT2D eigenvalue weighted by Gasteiger charge is 2.33. The van der Waals surface area contributed by atoms with Gasteiger partial charge in [-0.1, -0.05) is 23.7 Å². The Morgan fingerprint density at radius 2 is 1.81 bits per heavy atom. The number of halogens is 4. The number of nitrogens with one attached hydrogen (secondary N) is 1. The van der Waals surface area contributed by atoms with Gasteiger partial charge >= 0.3 is 6.18 Å². The van der Waals surface area contributed by atoms with Gasteiger partial charge in [0.25, 0.3) is 5.91 Å². The third kappa shape index (κ3) is 4.03. The summed E-state index contributed by atoms with van der Waals surface area (Å²) in [4.78, 5) is 20.1. The lowest BCUT2D eigenvalue weighted by Crippen LogP contribution is -2.16. The minimum atomic E-state index is -4.55. The average Bonchev–Trinajstić information content (AvgIpc) is 3.03. The molecule has 134 valence electrons. The molecule has 0 saturated carbocycles. The van der Waals surface area contributed by atoms with Crippen molar-refractivity contribution in [3.8, 4) is 11.3 Å². The van der Waals surface area contributed by atoms with Gasteiger partial charge in [-0.15, -0.1) is 11.3 Å². The summed E-state index contributed by atoms with van der Waals surface area (Å²) in [6.07, 6.45) is -4.55. The third-order valence-electron chi connectivity index (χ3n) is 3.49. The van der Waals surface area contributed by atoms with Crippen LogP contribution < -0.4 is 5.32 Å². The van der Waals surface area contributed by atoms with Crippen molar-refractivity contribution in [1.82, 2.24) is 9.97 Å². The molecule has 0 saturated heterocycles. The van der Waals surface area contributed by atoms with E-state index in [1.807, 2.05) is 0 Å². The van der Waals surface area contributed by atoms with Crippen LogP contribution in [0, 0.1) is 6.92 Å².